The number of nitrogens with zero attached hydrogens (tertiary/aromatic N) is 2. The SMILES string of the molecule is C=C(c1ccc(C(C)(F)F)cc1)c1ccccc1CCC(=O)C[C@@H]1CCCC(c2nccc(C)c2C=NC)C1. The number of benzene rings is 2. The van der Waals surface area contributed by atoms with Crippen molar-refractivity contribution in [3.05, 3.63) is 106 Å². The van der Waals surface area contributed by atoms with Crippen LogP contribution in [0.4, 0.5) is 8.78 Å². The first-order chi connectivity index (χ1) is 18.7. The van der Waals surface area contributed by atoms with E-state index in [1.807, 2.05) is 42.7 Å². The summed E-state index contributed by atoms with van der Waals surface area (Å²) < 4.78 is 27.3. The van der Waals surface area contributed by atoms with E-state index >= 15 is 0 Å². The second-order valence-electron chi connectivity index (χ2n) is 10.9. The Balaban J connectivity index is 1.38. The number of alkyl halides is 2. The Morgan fingerprint density at radius 3 is 2.59 bits per heavy atom. The van der Waals surface area contributed by atoms with Gasteiger partial charge in [0.05, 0.1) is 5.69 Å². The first-order valence-electron chi connectivity index (χ1n) is 13.8. The molecule has 0 spiro atoms. The van der Waals surface area contributed by atoms with Crippen molar-refractivity contribution in [1.82, 2.24) is 4.98 Å². The van der Waals surface area contributed by atoms with Gasteiger partial charge in [-0.1, -0.05) is 61.5 Å². The van der Waals surface area contributed by atoms with Gasteiger partial charge in [0.1, 0.15) is 5.78 Å². The zero-order chi connectivity index (χ0) is 28.0. The fraction of sp³-hybridized carbons (Fsp3) is 0.382. The molecule has 0 amide bonds. The molecule has 1 aliphatic carbocycles. The van der Waals surface area contributed by atoms with E-state index in [9.17, 15) is 13.6 Å². The molecule has 204 valence electrons. The molecule has 39 heavy (non-hydrogen) atoms. The molecule has 2 aromatic carbocycles. The lowest BCUT2D eigenvalue weighted by molar-refractivity contribution is -0.120. The van der Waals surface area contributed by atoms with Crippen LogP contribution in [0.5, 0.6) is 0 Å². The van der Waals surface area contributed by atoms with Gasteiger partial charge in [-0.3, -0.25) is 14.8 Å². The van der Waals surface area contributed by atoms with E-state index in [4.69, 9.17) is 4.98 Å². The molecule has 0 aliphatic heterocycles. The fourth-order valence-electron chi connectivity index (χ4n) is 5.79. The van der Waals surface area contributed by atoms with E-state index in [2.05, 4.69) is 18.5 Å². The van der Waals surface area contributed by atoms with Crippen molar-refractivity contribution in [2.45, 2.75) is 70.6 Å². The van der Waals surface area contributed by atoms with Crippen LogP contribution in [0.15, 0.2) is 72.4 Å². The number of Topliss-reactive ketones (excluding diaryl/α,β-unsaturated/α-hetero) is 1. The molecule has 0 radical (unpaired) electrons. The third-order valence-corrected chi connectivity index (χ3v) is 7.94. The Bertz CT molecular complexity index is 1340. The highest BCUT2D eigenvalue weighted by Crippen LogP contribution is 2.39. The molecule has 2 atom stereocenters. The summed E-state index contributed by atoms with van der Waals surface area (Å²) >= 11 is 0. The number of halogens is 2. The van der Waals surface area contributed by atoms with Crippen molar-refractivity contribution < 1.29 is 13.6 Å². The van der Waals surface area contributed by atoms with Crippen LogP contribution in [-0.4, -0.2) is 24.0 Å². The highest BCUT2D eigenvalue weighted by Gasteiger charge is 2.28. The summed E-state index contributed by atoms with van der Waals surface area (Å²) in [6.07, 6.45) is 9.74. The van der Waals surface area contributed by atoms with Gasteiger partial charge in [0.15, 0.2) is 0 Å². The van der Waals surface area contributed by atoms with E-state index in [0.29, 0.717) is 31.1 Å². The Labute approximate surface area is 231 Å². The number of aryl methyl sites for hydroxylation is 2. The molecule has 1 fully saturated rings. The Morgan fingerprint density at radius 2 is 1.87 bits per heavy atom. The third-order valence-electron chi connectivity index (χ3n) is 7.94. The van der Waals surface area contributed by atoms with Crippen LogP contribution < -0.4 is 0 Å². The molecule has 0 saturated heterocycles. The number of rotatable bonds is 10. The molecule has 4 rings (SSSR count). The van der Waals surface area contributed by atoms with Gasteiger partial charge in [0.25, 0.3) is 5.92 Å². The predicted molar refractivity (Wildman–Crippen MR) is 156 cm³/mol. The fourth-order valence-corrected chi connectivity index (χ4v) is 5.79. The Kier molecular flexibility index (Phi) is 9.21. The number of hydrogen-bond acceptors (Lipinski definition) is 3. The zero-order valence-electron chi connectivity index (χ0n) is 23.2. The largest absolute Gasteiger partial charge is 0.300 e. The minimum absolute atomic E-state index is 0.0178. The second-order valence-corrected chi connectivity index (χ2v) is 10.9. The molecule has 5 heteroatoms. The highest BCUT2D eigenvalue weighted by atomic mass is 19.3. The average molecular weight is 529 g/mol. The minimum atomic E-state index is -2.88. The molecule has 0 bridgehead atoms. The zero-order valence-corrected chi connectivity index (χ0v) is 23.2. The smallest absolute Gasteiger partial charge is 0.270 e. The summed E-state index contributed by atoms with van der Waals surface area (Å²) in [5.41, 5.74) is 6.97. The maximum Gasteiger partial charge on any atom is 0.270 e. The van der Waals surface area contributed by atoms with Crippen molar-refractivity contribution in [2.75, 3.05) is 7.05 Å². The van der Waals surface area contributed by atoms with Crippen LogP contribution in [0, 0.1) is 12.8 Å². The van der Waals surface area contributed by atoms with E-state index in [0.717, 1.165) is 66.1 Å². The monoisotopic (exact) mass is 528 g/mol. The van der Waals surface area contributed by atoms with Crippen molar-refractivity contribution in [3.63, 3.8) is 0 Å². The summed E-state index contributed by atoms with van der Waals surface area (Å²) in [6, 6.07) is 16.2. The third kappa shape index (κ3) is 7.14. The summed E-state index contributed by atoms with van der Waals surface area (Å²) in [6.45, 7) is 7.24. The van der Waals surface area contributed by atoms with Gasteiger partial charge in [-0.2, -0.15) is 0 Å². The lowest BCUT2D eigenvalue weighted by atomic mass is 9.76. The van der Waals surface area contributed by atoms with E-state index < -0.39 is 5.92 Å². The standard InChI is InChI=1S/C34H38F2N2O/c1-23-18-19-38-33(32(23)22-37-4)28-10-7-8-25(20-28)21-30(39)17-14-27-9-5-6-11-31(27)24(2)26-12-15-29(16-13-26)34(3,35)36/h5-6,9,11-13,15-16,18-19,22,25,28H,2,7-8,10,14,17,20-21H2,1,3-4H3/t25-,28?/m1/s1. The van der Waals surface area contributed by atoms with Crippen LogP contribution in [0.1, 0.15) is 90.4 Å². The molecule has 0 N–H and O–H groups in total. The number of aliphatic imine (C=N–C) groups is 1. The molecule has 1 aliphatic rings. The summed E-state index contributed by atoms with van der Waals surface area (Å²) in [5, 5.41) is 0. The number of carbonyl (C=O) groups is 1. The van der Waals surface area contributed by atoms with Crippen molar-refractivity contribution in [3.8, 4) is 0 Å². The van der Waals surface area contributed by atoms with Gasteiger partial charge in [-0.15, -0.1) is 0 Å². The van der Waals surface area contributed by atoms with Crippen LogP contribution in [-0.2, 0) is 17.1 Å². The van der Waals surface area contributed by atoms with E-state index in [1.54, 1.807) is 19.2 Å². The first kappa shape index (κ1) is 28.5. The summed E-state index contributed by atoms with van der Waals surface area (Å²) in [4.78, 5) is 22.1. The predicted octanol–water partition coefficient (Wildman–Crippen LogP) is 8.48. The van der Waals surface area contributed by atoms with Crippen molar-refractivity contribution in [1.29, 1.82) is 0 Å². The van der Waals surface area contributed by atoms with Crippen LogP contribution in [0.2, 0.25) is 0 Å². The van der Waals surface area contributed by atoms with Crippen molar-refractivity contribution in [2.24, 2.45) is 10.9 Å². The number of hydrogen-bond donors (Lipinski definition) is 0. The van der Waals surface area contributed by atoms with Gasteiger partial charge < -0.3 is 0 Å². The Hall–Kier alpha value is -3.47. The number of aromatic nitrogens is 1. The van der Waals surface area contributed by atoms with Gasteiger partial charge in [0, 0.05) is 56.3 Å². The number of carbonyl (C=O) groups excluding carboxylic acids is 1. The number of ketones is 1. The summed E-state index contributed by atoms with van der Waals surface area (Å²) in [5.74, 6) is -1.87. The average Bonchev–Trinajstić information content (AvgIpc) is 2.92. The lowest BCUT2D eigenvalue weighted by Gasteiger charge is -2.29. The first-order valence-corrected chi connectivity index (χ1v) is 13.8. The normalized spacial score (nSPS) is 17.9. The molecule has 1 saturated carbocycles. The molecule has 3 nitrogen and oxygen atoms in total. The molecule has 1 unspecified atom stereocenters. The second kappa shape index (κ2) is 12.6. The van der Waals surface area contributed by atoms with Gasteiger partial charge in [-0.05, 0) is 72.4 Å². The maximum absolute atomic E-state index is 13.6. The highest BCUT2D eigenvalue weighted by molar-refractivity contribution is 5.83. The van der Waals surface area contributed by atoms with Gasteiger partial charge in [-0.25, -0.2) is 8.78 Å². The molecule has 1 aromatic heterocycles. The van der Waals surface area contributed by atoms with Crippen molar-refractivity contribution >= 4 is 17.6 Å². The summed E-state index contributed by atoms with van der Waals surface area (Å²) in [7, 11) is 1.79. The molecular formula is C34H38F2N2O. The Morgan fingerprint density at radius 1 is 1.13 bits per heavy atom. The quantitative estimate of drug-likeness (QED) is 0.248. The van der Waals surface area contributed by atoms with E-state index in [1.165, 1.54) is 17.7 Å². The number of pyridine rings is 1. The minimum Gasteiger partial charge on any atom is -0.300 e. The lowest BCUT2D eigenvalue weighted by Crippen LogP contribution is -2.19. The van der Waals surface area contributed by atoms with Gasteiger partial charge in [0.2, 0.25) is 0 Å². The van der Waals surface area contributed by atoms with Gasteiger partial charge >= 0.3 is 0 Å². The van der Waals surface area contributed by atoms with E-state index in [-0.39, 0.29) is 11.3 Å². The topological polar surface area (TPSA) is 42.3 Å². The van der Waals surface area contributed by atoms with Crippen LogP contribution in [0.25, 0.3) is 5.57 Å². The molecular weight excluding hydrogens is 490 g/mol. The van der Waals surface area contributed by atoms with Crippen LogP contribution >= 0.6 is 0 Å². The maximum atomic E-state index is 13.6. The molecule has 1 heterocycles. The van der Waals surface area contributed by atoms with Crippen LogP contribution in [0.3, 0.4) is 0 Å². The molecule has 3 aromatic rings.